The minimum atomic E-state index is -0.0528. The molecule has 0 spiro atoms. The molecule has 0 aliphatic carbocycles. The average Bonchev–Trinajstić information content (AvgIpc) is 3.68. The maximum Gasteiger partial charge on any atom is 0.271 e. The Balaban J connectivity index is 1.18. The average molecular weight is 565 g/mol. The van der Waals surface area contributed by atoms with Crippen molar-refractivity contribution in [2.24, 2.45) is 0 Å². The number of aromatic amines is 2. The first-order valence-corrected chi connectivity index (χ1v) is 14.6. The Morgan fingerprint density at radius 3 is 2.74 bits per heavy atom. The Morgan fingerprint density at radius 1 is 1.07 bits per heavy atom. The first kappa shape index (κ1) is 27.5. The Bertz CT molecular complexity index is 1700. The zero-order chi connectivity index (χ0) is 29.1. The lowest BCUT2D eigenvalue weighted by atomic mass is 9.93. The van der Waals surface area contributed by atoms with Crippen molar-refractivity contribution in [1.29, 1.82) is 0 Å². The minimum Gasteiger partial charge on any atom is -0.354 e. The third-order valence-electron chi connectivity index (χ3n) is 8.00. The van der Waals surface area contributed by atoms with Crippen LogP contribution in [0.5, 0.6) is 0 Å². The number of pyridine rings is 1. The second kappa shape index (κ2) is 12.1. The number of hydrogen-bond acceptors (Lipinski definition) is 8. The zero-order valence-electron chi connectivity index (χ0n) is 24.2. The van der Waals surface area contributed by atoms with Gasteiger partial charge in [-0.05, 0) is 68.1 Å². The topological polar surface area (TPSA) is 140 Å². The molecule has 1 aliphatic heterocycles. The van der Waals surface area contributed by atoms with Gasteiger partial charge >= 0.3 is 0 Å². The van der Waals surface area contributed by atoms with Crippen molar-refractivity contribution in [2.75, 3.05) is 31.5 Å². The first-order chi connectivity index (χ1) is 20.6. The van der Waals surface area contributed by atoms with E-state index < -0.39 is 0 Å². The zero-order valence-corrected chi connectivity index (χ0v) is 24.2. The van der Waals surface area contributed by atoms with Crippen molar-refractivity contribution >= 4 is 22.8 Å². The summed E-state index contributed by atoms with van der Waals surface area (Å²) in [4.78, 5) is 36.5. The second-order valence-corrected chi connectivity index (χ2v) is 10.6. The van der Waals surface area contributed by atoms with Crippen molar-refractivity contribution in [1.82, 2.24) is 45.3 Å². The van der Waals surface area contributed by atoms with E-state index in [1.54, 1.807) is 12.4 Å². The number of H-pyrrole nitrogens is 2. The van der Waals surface area contributed by atoms with Gasteiger partial charge in [-0.25, -0.2) is 15.0 Å². The molecule has 1 fully saturated rings. The summed E-state index contributed by atoms with van der Waals surface area (Å²) in [5.74, 6) is 1.47. The standard InChI is InChI=1S/C31H36N10O/c1-4-32-15-22-16-33-17-24(19(22)3)21-6-7-26-23(14-21)28(40-39-26)29-36-18-27(37-29)30(42)41-12-9-20(10-13-41)25-8-11-35-31(38-25)34-5-2/h6-8,11,14,16-18,20,32H,4-5,9-10,12-13,15H2,1-3H3,(H,36,37)(H,39,40)(H,34,35,38). The van der Waals surface area contributed by atoms with E-state index in [9.17, 15) is 4.79 Å². The van der Waals surface area contributed by atoms with Crippen molar-refractivity contribution in [2.45, 2.75) is 46.1 Å². The highest BCUT2D eigenvalue weighted by Gasteiger charge is 2.27. The fourth-order valence-corrected chi connectivity index (χ4v) is 5.60. The molecule has 5 aromatic rings. The second-order valence-electron chi connectivity index (χ2n) is 10.6. The number of imidazole rings is 1. The maximum absolute atomic E-state index is 13.4. The van der Waals surface area contributed by atoms with Crippen LogP contribution in [0.1, 0.15) is 59.9 Å². The molecule has 42 heavy (non-hydrogen) atoms. The molecular formula is C31H36N10O. The number of carbonyl (C=O) groups is 1. The molecule has 1 aliphatic rings. The van der Waals surface area contributed by atoms with E-state index in [-0.39, 0.29) is 5.91 Å². The lowest BCUT2D eigenvalue weighted by Crippen LogP contribution is -2.38. The van der Waals surface area contributed by atoms with E-state index in [4.69, 9.17) is 0 Å². The number of benzene rings is 1. The molecule has 216 valence electrons. The minimum absolute atomic E-state index is 0.0528. The van der Waals surface area contributed by atoms with E-state index in [0.717, 1.165) is 60.2 Å². The number of carbonyl (C=O) groups excluding carboxylic acids is 1. The van der Waals surface area contributed by atoms with Crippen LogP contribution in [-0.2, 0) is 6.54 Å². The fraction of sp³-hybridized carbons (Fsp3) is 0.355. The van der Waals surface area contributed by atoms with Crippen LogP contribution in [0.15, 0.2) is 49.1 Å². The van der Waals surface area contributed by atoms with E-state index in [2.05, 4.69) is 71.7 Å². The molecule has 11 nitrogen and oxygen atoms in total. The number of hydrogen-bond donors (Lipinski definition) is 4. The molecule has 0 atom stereocenters. The summed E-state index contributed by atoms with van der Waals surface area (Å²) in [5.41, 5.74) is 7.58. The number of piperidine rings is 1. The molecular weight excluding hydrogens is 528 g/mol. The van der Waals surface area contributed by atoms with E-state index in [0.29, 0.717) is 42.2 Å². The van der Waals surface area contributed by atoms with E-state index in [1.807, 2.05) is 36.4 Å². The number of anilines is 1. The first-order valence-electron chi connectivity index (χ1n) is 14.6. The lowest BCUT2D eigenvalue weighted by molar-refractivity contribution is 0.0706. The highest BCUT2D eigenvalue weighted by atomic mass is 16.2. The van der Waals surface area contributed by atoms with Crippen molar-refractivity contribution in [3.63, 3.8) is 0 Å². The SMILES string of the molecule is CCNCc1cncc(-c2ccc3[nH]nc(-c4ncc(C(=O)N5CCC(c6ccnc(NCC)n6)CC5)[nH]4)c3c2)c1C. The summed E-state index contributed by atoms with van der Waals surface area (Å²) in [5, 5.41) is 15.1. The Labute approximate surface area is 244 Å². The molecule has 6 rings (SSSR count). The number of amides is 1. The van der Waals surface area contributed by atoms with Crippen LogP contribution in [0.3, 0.4) is 0 Å². The molecule has 1 amide bonds. The van der Waals surface area contributed by atoms with Crippen LogP contribution in [0.25, 0.3) is 33.5 Å². The molecule has 0 saturated carbocycles. The molecule has 4 aromatic heterocycles. The Hall–Kier alpha value is -4.64. The van der Waals surface area contributed by atoms with Gasteiger partial charge < -0.3 is 20.5 Å². The summed E-state index contributed by atoms with van der Waals surface area (Å²) in [6.45, 7) is 10.0. The predicted octanol–water partition coefficient (Wildman–Crippen LogP) is 4.67. The number of rotatable bonds is 9. The smallest absolute Gasteiger partial charge is 0.271 e. The number of fused-ring (bicyclic) bond motifs is 1. The predicted molar refractivity (Wildman–Crippen MR) is 163 cm³/mol. The molecule has 0 unspecified atom stereocenters. The third kappa shape index (κ3) is 5.47. The molecule has 0 radical (unpaired) electrons. The molecule has 1 aromatic carbocycles. The highest BCUT2D eigenvalue weighted by molar-refractivity contribution is 5.96. The molecule has 0 bridgehead atoms. The monoisotopic (exact) mass is 564 g/mol. The quantitative estimate of drug-likeness (QED) is 0.202. The van der Waals surface area contributed by atoms with Gasteiger partial charge in [-0.1, -0.05) is 13.0 Å². The van der Waals surface area contributed by atoms with Gasteiger partial charge in [-0.3, -0.25) is 14.9 Å². The number of likely N-dealkylation sites (tertiary alicyclic amines) is 1. The number of nitrogens with zero attached hydrogens (tertiary/aromatic N) is 6. The molecule has 11 heteroatoms. The maximum atomic E-state index is 13.4. The Kier molecular flexibility index (Phi) is 7.91. The van der Waals surface area contributed by atoms with Crippen LogP contribution in [0.2, 0.25) is 0 Å². The summed E-state index contributed by atoms with van der Waals surface area (Å²) in [6, 6.07) is 8.19. The number of nitrogens with one attached hydrogen (secondary N) is 4. The van der Waals surface area contributed by atoms with Gasteiger partial charge in [0.1, 0.15) is 11.4 Å². The van der Waals surface area contributed by atoms with Gasteiger partial charge in [-0.15, -0.1) is 0 Å². The summed E-state index contributed by atoms with van der Waals surface area (Å²) < 4.78 is 0. The normalized spacial score (nSPS) is 14.0. The number of aromatic nitrogens is 7. The van der Waals surface area contributed by atoms with Crippen LogP contribution in [-0.4, -0.2) is 72.1 Å². The van der Waals surface area contributed by atoms with Crippen LogP contribution < -0.4 is 10.6 Å². The summed E-state index contributed by atoms with van der Waals surface area (Å²) in [7, 11) is 0. The largest absolute Gasteiger partial charge is 0.354 e. The van der Waals surface area contributed by atoms with Gasteiger partial charge in [0.05, 0.1) is 11.7 Å². The Morgan fingerprint density at radius 2 is 1.93 bits per heavy atom. The van der Waals surface area contributed by atoms with Crippen LogP contribution >= 0.6 is 0 Å². The van der Waals surface area contributed by atoms with E-state index in [1.165, 1.54) is 11.1 Å². The van der Waals surface area contributed by atoms with Crippen molar-refractivity contribution in [3.8, 4) is 22.6 Å². The summed E-state index contributed by atoms with van der Waals surface area (Å²) in [6.07, 6.45) is 8.94. The lowest BCUT2D eigenvalue weighted by Gasteiger charge is -2.31. The van der Waals surface area contributed by atoms with Crippen molar-refractivity contribution in [3.05, 3.63) is 71.6 Å². The highest BCUT2D eigenvalue weighted by Crippen LogP contribution is 2.32. The molecule has 1 saturated heterocycles. The van der Waals surface area contributed by atoms with Gasteiger partial charge in [0.25, 0.3) is 5.91 Å². The fourth-order valence-electron chi connectivity index (χ4n) is 5.60. The molecule has 4 N–H and O–H groups in total. The molecule has 5 heterocycles. The van der Waals surface area contributed by atoms with E-state index >= 15 is 0 Å². The third-order valence-corrected chi connectivity index (χ3v) is 8.00. The van der Waals surface area contributed by atoms with Crippen LogP contribution in [0, 0.1) is 6.92 Å². The van der Waals surface area contributed by atoms with Gasteiger partial charge in [0.2, 0.25) is 5.95 Å². The van der Waals surface area contributed by atoms with Crippen LogP contribution in [0.4, 0.5) is 5.95 Å². The van der Waals surface area contributed by atoms with Gasteiger partial charge in [0, 0.05) is 67.3 Å². The van der Waals surface area contributed by atoms with Gasteiger partial charge in [-0.2, -0.15) is 5.10 Å². The summed E-state index contributed by atoms with van der Waals surface area (Å²) >= 11 is 0. The van der Waals surface area contributed by atoms with Crippen molar-refractivity contribution < 1.29 is 4.79 Å². The van der Waals surface area contributed by atoms with Gasteiger partial charge in [0.15, 0.2) is 5.82 Å².